The van der Waals surface area contributed by atoms with Crippen molar-refractivity contribution in [2.45, 2.75) is 4.90 Å². The highest BCUT2D eigenvalue weighted by Gasteiger charge is 2.30. The molecule has 1 amide bonds. The average Bonchev–Trinajstić information content (AvgIpc) is 2.73. The molecule has 2 aromatic rings. The summed E-state index contributed by atoms with van der Waals surface area (Å²) in [7, 11) is -2.09. The van der Waals surface area contributed by atoms with Gasteiger partial charge in [0.15, 0.2) is 0 Å². The van der Waals surface area contributed by atoms with Crippen LogP contribution in [0.5, 0.6) is 5.75 Å². The SMILES string of the molecule is COc1ccc(S(=O)(=O)N2CCN(C(=O)c3cccc(C#N)c3)CC2)cc1. The Hall–Kier alpha value is -2.89. The fourth-order valence-corrected chi connectivity index (χ4v) is 4.35. The summed E-state index contributed by atoms with van der Waals surface area (Å²) < 4.78 is 32.0. The van der Waals surface area contributed by atoms with Crippen molar-refractivity contribution in [1.82, 2.24) is 9.21 Å². The van der Waals surface area contributed by atoms with E-state index in [4.69, 9.17) is 10.00 Å². The van der Waals surface area contributed by atoms with Gasteiger partial charge in [-0.3, -0.25) is 4.79 Å². The highest BCUT2D eigenvalue weighted by molar-refractivity contribution is 7.89. The third kappa shape index (κ3) is 3.94. The number of carbonyl (C=O) groups is 1. The summed E-state index contributed by atoms with van der Waals surface area (Å²) in [6, 6.07) is 14.7. The monoisotopic (exact) mass is 385 g/mol. The van der Waals surface area contributed by atoms with Crippen LogP contribution in [0, 0.1) is 11.3 Å². The number of rotatable bonds is 4. The molecule has 0 radical (unpaired) electrons. The number of nitrogens with zero attached hydrogens (tertiary/aromatic N) is 3. The van der Waals surface area contributed by atoms with E-state index >= 15 is 0 Å². The number of amides is 1. The number of sulfonamides is 1. The first-order chi connectivity index (χ1) is 13.0. The molecular formula is C19H19N3O4S. The van der Waals surface area contributed by atoms with Crippen LogP contribution >= 0.6 is 0 Å². The molecule has 3 rings (SSSR count). The number of ether oxygens (including phenoxy) is 1. The van der Waals surface area contributed by atoms with Crippen molar-refractivity contribution in [1.29, 1.82) is 5.26 Å². The van der Waals surface area contributed by atoms with Crippen molar-refractivity contribution < 1.29 is 17.9 Å². The Kier molecular flexibility index (Phi) is 5.44. The Morgan fingerprint density at radius 1 is 1.07 bits per heavy atom. The number of benzene rings is 2. The van der Waals surface area contributed by atoms with Gasteiger partial charge >= 0.3 is 0 Å². The Labute approximate surface area is 158 Å². The van der Waals surface area contributed by atoms with Gasteiger partial charge in [0.1, 0.15) is 5.75 Å². The van der Waals surface area contributed by atoms with Crippen molar-refractivity contribution in [2.75, 3.05) is 33.3 Å². The maximum atomic E-state index is 12.8. The van der Waals surface area contributed by atoms with Gasteiger partial charge in [-0.2, -0.15) is 9.57 Å². The lowest BCUT2D eigenvalue weighted by Gasteiger charge is -2.34. The van der Waals surface area contributed by atoms with Crippen molar-refractivity contribution in [3.63, 3.8) is 0 Å². The summed E-state index contributed by atoms with van der Waals surface area (Å²) in [5, 5.41) is 8.96. The summed E-state index contributed by atoms with van der Waals surface area (Å²) in [6.45, 7) is 1.03. The quantitative estimate of drug-likeness (QED) is 0.799. The van der Waals surface area contributed by atoms with E-state index in [0.717, 1.165) is 0 Å². The molecule has 0 atom stereocenters. The highest BCUT2D eigenvalue weighted by atomic mass is 32.2. The minimum atomic E-state index is -3.61. The van der Waals surface area contributed by atoms with E-state index in [1.165, 1.54) is 23.5 Å². The van der Waals surface area contributed by atoms with Crippen LogP contribution in [0.25, 0.3) is 0 Å². The molecule has 1 heterocycles. The second-order valence-electron chi connectivity index (χ2n) is 6.06. The van der Waals surface area contributed by atoms with Crippen LogP contribution in [-0.4, -0.2) is 56.8 Å². The predicted octanol–water partition coefficient (Wildman–Crippen LogP) is 1.71. The maximum Gasteiger partial charge on any atom is 0.253 e. The molecule has 0 unspecified atom stereocenters. The summed E-state index contributed by atoms with van der Waals surface area (Å²) >= 11 is 0. The largest absolute Gasteiger partial charge is 0.497 e. The van der Waals surface area contributed by atoms with Gasteiger partial charge in [0.25, 0.3) is 5.91 Å². The van der Waals surface area contributed by atoms with Crippen molar-refractivity contribution >= 4 is 15.9 Å². The molecule has 8 heteroatoms. The average molecular weight is 385 g/mol. The molecule has 1 fully saturated rings. The van der Waals surface area contributed by atoms with Crippen LogP contribution in [0.1, 0.15) is 15.9 Å². The number of piperazine rings is 1. The predicted molar refractivity (Wildman–Crippen MR) is 98.8 cm³/mol. The lowest BCUT2D eigenvalue weighted by atomic mass is 10.1. The lowest BCUT2D eigenvalue weighted by molar-refractivity contribution is 0.0698. The van der Waals surface area contributed by atoms with Crippen LogP contribution in [0.4, 0.5) is 0 Å². The van der Waals surface area contributed by atoms with Gasteiger partial charge in [-0.1, -0.05) is 6.07 Å². The standard InChI is InChI=1S/C19H19N3O4S/c1-26-17-5-7-18(8-6-17)27(24,25)22-11-9-21(10-12-22)19(23)16-4-2-3-15(13-16)14-20/h2-8,13H,9-12H2,1H3. The van der Waals surface area contributed by atoms with Crippen molar-refractivity contribution in [3.8, 4) is 11.8 Å². The van der Waals surface area contributed by atoms with E-state index in [9.17, 15) is 13.2 Å². The molecular weight excluding hydrogens is 366 g/mol. The van der Waals surface area contributed by atoms with Gasteiger partial charge in [0.05, 0.1) is 23.6 Å². The van der Waals surface area contributed by atoms with Crippen LogP contribution in [-0.2, 0) is 10.0 Å². The molecule has 0 saturated carbocycles. The first kappa shape index (κ1) is 18.9. The summed E-state index contributed by atoms with van der Waals surface area (Å²) in [6.07, 6.45) is 0. The second kappa shape index (κ2) is 7.78. The van der Waals surface area contributed by atoms with E-state index in [1.54, 1.807) is 41.3 Å². The van der Waals surface area contributed by atoms with Crippen molar-refractivity contribution in [2.24, 2.45) is 0 Å². The number of hydrogen-bond acceptors (Lipinski definition) is 5. The van der Waals surface area contributed by atoms with Gasteiger partial charge in [0.2, 0.25) is 10.0 Å². The Morgan fingerprint density at radius 2 is 1.74 bits per heavy atom. The van der Waals surface area contributed by atoms with Crippen LogP contribution in [0.15, 0.2) is 53.4 Å². The number of carbonyl (C=O) groups excluding carboxylic acids is 1. The molecule has 1 saturated heterocycles. The summed E-state index contributed by atoms with van der Waals surface area (Å²) in [4.78, 5) is 14.4. The first-order valence-electron chi connectivity index (χ1n) is 8.39. The first-order valence-corrected chi connectivity index (χ1v) is 9.83. The highest BCUT2D eigenvalue weighted by Crippen LogP contribution is 2.21. The van der Waals surface area contributed by atoms with Gasteiger partial charge in [-0.25, -0.2) is 8.42 Å². The molecule has 0 spiro atoms. The Bertz CT molecular complexity index is 973. The third-order valence-corrected chi connectivity index (χ3v) is 6.37. The van der Waals surface area contributed by atoms with E-state index in [1.807, 2.05) is 6.07 Å². The summed E-state index contributed by atoms with van der Waals surface area (Å²) in [5.41, 5.74) is 0.849. The van der Waals surface area contributed by atoms with Crippen molar-refractivity contribution in [3.05, 3.63) is 59.7 Å². The topological polar surface area (TPSA) is 90.7 Å². The van der Waals surface area contributed by atoms with E-state index < -0.39 is 10.0 Å². The zero-order valence-corrected chi connectivity index (χ0v) is 15.6. The third-order valence-electron chi connectivity index (χ3n) is 4.46. The molecule has 1 aliphatic rings. The number of hydrogen-bond donors (Lipinski definition) is 0. The van der Waals surface area contributed by atoms with Gasteiger partial charge < -0.3 is 9.64 Å². The molecule has 0 aliphatic carbocycles. The Balaban J connectivity index is 1.68. The molecule has 7 nitrogen and oxygen atoms in total. The zero-order valence-electron chi connectivity index (χ0n) is 14.8. The fraction of sp³-hybridized carbons (Fsp3) is 0.263. The number of methoxy groups -OCH3 is 1. The van der Waals surface area contributed by atoms with Gasteiger partial charge in [-0.05, 0) is 42.5 Å². The normalized spacial score (nSPS) is 15.2. The van der Waals surface area contributed by atoms with E-state index in [0.29, 0.717) is 30.0 Å². The second-order valence-corrected chi connectivity index (χ2v) is 8.00. The van der Waals surface area contributed by atoms with Crippen LogP contribution in [0.3, 0.4) is 0 Å². The molecule has 0 bridgehead atoms. The van der Waals surface area contributed by atoms with E-state index in [-0.39, 0.29) is 23.9 Å². The molecule has 0 N–H and O–H groups in total. The van der Waals surface area contributed by atoms with Crippen LogP contribution in [0.2, 0.25) is 0 Å². The smallest absolute Gasteiger partial charge is 0.253 e. The zero-order chi connectivity index (χ0) is 19.4. The molecule has 0 aromatic heterocycles. The minimum Gasteiger partial charge on any atom is -0.497 e. The number of nitriles is 1. The minimum absolute atomic E-state index is 0.199. The van der Waals surface area contributed by atoms with Crippen LogP contribution < -0.4 is 4.74 Å². The Morgan fingerprint density at radius 3 is 2.33 bits per heavy atom. The van der Waals surface area contributed by atoms with Gasteiger partial charge in [0, 0.05) is 31.7 Å². The molecule has 1 aliphatic heterocycles. The summed E-state index contributed by atoms with van der Waals surface area (Å²) in [5.74, 6) is 0.387. The molecule has 140 valence electrons. The van der Waals surface area contributed by atoms with Gasteiger partial charge in [-0.15, -0.1) is 0 Å². The lowest BCUT2D eigenvalue weighted by Crippen LogP contribution is -2.50. The fourth-order valence-electron chi connectivity index (χ4n) is 2.93. The van der Waals surface area contributed by atoms with E-state index in [2.05, 4.69) is 0 Å². The molecule has 2 aromatic carbocycles. The maximum absolute atomic E-state index is 12.8. The molecule has 27 heavy (non-hydrogen) atoms.